The summed E-state index contributed by atoms with van der Waals surface area (Å²) >= 11 is 3.27. The SMILES string of the molecule is CC[C@@H](CO)NC(=O)c1cccc(N)c1Br. The number of carbonyl (C=O) groups excluding carboxylic acids is 1. The van der Waals surface area contributed by atoms with Crippen molar-refractivity contribution in [2.75, 3.05) is 12.3 Å². The van der Waals surface area contributed by atoms with Crippen LogP contribution < -0.4 is 11.1 Å². The number of amides is 1. The van der Waals surface area contributed by atoms with E-state index in [1.807, 2.05) is 6.92 Å². The molecular formula is C11H15BrN2O2. The molecule has 0 radical (unpaired) electrons. The van der Waals surface area contributed by atoms with Gasteiger partial charge in [-0.25, -0.2) is 0 Å². The molecule has 88 valence electrons. The van der Waals surface area contributed by atoms with Gasteiger partial charge < -0.3 is 16.2 Å². The van der Waals surface area contributed by atoms with Crippen molar-refractivity contribution in [2.24, 2.45) is 0 Å². The van der Waals surface area contributed by atoms with Crippen molar-refractivity contribution in [2.45, 2.75) is 19.4 Å². The second-order valence-corrected chi connectivity index (χ2v) is 4.26. The zero-order chi connectivity index (χ0) is 12.1. The monoisotopic (exact) mass is 286 g/mol. The maximum absolute atomic E-state index is 11.8. The lowest BCUT2D eigenvalue weighted by molar-refractivity contribution is 0.0914. The maximum atomic E-state index is 11.8. The molecule has 0 aromatic heterocycles. The van der Waals surface area contributed by atoms with E-state index in [1.165, 1.54) is 0 Å². The van der Waals surface area contributed by atoms with Crippen molar-refractivity contribution in [3.63, 3.8) is 0 Å². The molecule has 0 aliphatic heterocycles. The van der Waals surface area contributed by atoms with Gasteiger partial charge in [-0.05, 0) is 34.5 Å². The molecule has 0 spiro atoms. The molecule has 0 bridgehead atoms. The first-order valence-corrected chi connectivity index (χ1v) is 5.85. The summed E-state index contributed by atoms with van der Waals surface area (Å²) in [5.41, 5.74) is 6.67. The quantitative estimate of drug-likeness (QED) is 0.735. The fourth-order valence-corrected chi connectivity index (χ4v) is 1.71. The highest BCUT2D eigenvalue weighted by atomic mass is 79.9. The summed E-state index contributed by atoms with van der Waals surface area (Å²) < 4.78 is 0.584. The number of benzene rings is 1. The van der Waals surface area contributed by atoms with E-state index in [1.54, 1.807) is 18.2 Å². The number of hydrogen-bond acceptors (Lipinski definition) is 3. The van der Waals surface area contributed by atoms with Gasteiger partial charge in [0.1, 0.15) is 0 Å². The highest BCUT2D eigenvalue weighted by Gasteiger charge is 2.14. The molecular weight excluding hydrogens is 272 g/mol. The van der Waals surface area contributed by atoms with Crippen LogP contribution in [0.25, 0.3) is 0 Å². The summed E-state index contributed by atoms with van der Waals surface area (Å²) in [7, 11) is 0. The van der Waals surface area contributed by atoms with Crippen molar-refractivity contribution < 1.29 is 9.90 Å². The number of aliphatic hydroxyl groups is 1. The van der Waals surface area contributed by atoms with Gasteiger partial charge in [-0.1, -0.05) is 13.0 Å². The number of halogens is 1. The Kier molecular flexibility index (Phi) is 4.76. The van der Waals surface area contributed by atoms with E-state index in [0.717, 1.165) is 0 Å². The number of hydrogen-bond donors (Lipinski definition) is 3. The smallest absolute Gasteiger partial charge is 0.252 e. The van der Waals surface area contributed by atoms with Gasteiger partial charge in [0.05, 0.1) is 22.7 Å². The Hall–Kier alpha value is -1.07. The van der Waals surface area contributed by atoms with Gasteiger partial charge in [-0.15, -0.1) is 0 Å². The number of rotatable bonds is 4. The zero-order valence-electron chi connectivity index (χ0n) is 9.03. The number of aliphatic hydroxyl groups excluding tert-OH is 1. The Labute approximate surface area is 103 Å². The maximum Gasteiger partial charge on any atom is 0.252 e. The molecule has 0 fully saturated rings. The van der Waals surface area contributed by atoms with E-state index in [9.17, 15) is 4.79 Å². The summed E-state index contributed by atoms with van der Waals surface area (Å²) in [5.74, 6) is -0.236. The first-order chi connectivity index (χ1) is 7.60. The van der Waals surface area contributed by atoms with Crippen molar-refractivity contribution in [1.29, 1.82) is 0 Å². The van der Waals surface area contributed by atoms with Crippen LogP contribution in [-0.2, 0) is 0 Å². The van der Waals surface area contributed by atoms with Crippen LogP contribution in [-0.4, -0.2) is 23.7 Å². The minimum absolute atomic E-state index is 0.0673. The van der Waals surface area contributed by atoms with Gasteiger partial charge in [0.15, 0.2) is 0 Å². The Balaban J connectivity index is 2.84. The van der Waals surface area contributed by atoms with Crippen LogP contribution in [0.15, 0.2) is 22.7 Å². The fraction of sp³-hybridized carbons (Fsp3) is 0.364. The molecule has 1 atom stereocenters. The summed E-state index contributed by atoms with van der Waals surface area (Å²) in [6.45, 7) is 1.83. The molecule has 0 heterocycles. The van der Waals surface area contributed by atoms with Crippen LogP contribution in [0, 0.1) is 0 Å². The van der Waals surface area contributed by atoms with Gasteiger partial charge >= 0.3 is 0 Å². The number of nitrogens with two attached hydrogens (primary N) is 1. The van der Waals surface area contributed by atoms with E-state index in [4.69, 9.17) is 10.8 Å². The minimum Gasteiger partial charge on any atom is -0.398 e. The molecule has 16 heavy (non-hydrogen) atoms. The first-order valence-electron chi connectivity index (χ1n) is 5.05. The molecule has 0 saturated carbocycles. The molecule has 0 unspecified atom stereocenters. The van der Waals surface area contributed by atoms with Crippen LogP contribution in [0.2, 0.25) is 0 Å². The van der Waals surface area contributed by atoms with Crippen molar-refractivity contribution >= 4 is 27.5 Å². The summed E-state index contributed by atoms with van der Waals surface area (Å²) in [6.07, 6.45) is 0.683. The summed E-state index contributed by atoms with van der Waals surface area (Å²) in [5, 5.41) is 11.7. The van der Waals surface area contributed by atoms with Gasteiger partial charge in [0.2, 0.25) is 0 Å². The predicted octanol–water partition coefficient (Wildman–Crippen LogP) is 1.53. The molecule has 1 amide bonds. The molecule has 1 aromatic carbocycles. The van der Waals surface area contributed by atoms with Crippen molar-refractivity contribution in [3.05, 3.63) is 28.2 Å². The second kappa shape index (κ2) is 5.86. The largest absolute Gasteiger partial charge is 0.398 e. The third kappa shape index (κ3) is 2.96. The van der Waals surface area contributed by atoms with E-state index in [2.05, 4.69) is 21.2 Å². The topological polar surface area (TPSA) is 75.3 Å². The van der Waals surface area contributed by atoms with Crippen molar-refractivity contribution in [1.82, 2.24) is 5.32 Å². The second-order valence-electron chi connectivity index (χ2n) is 3.47. The van der Waals surface area contributed by atoms with Gasteiger partial charge in [0, 0.05) is 5.69 Å². The molecule has 1 rings (SSSR count). The third-order valence-electron chi connectivity index (χ3n) is 2.32. The van der Waals surface area contributed by atoms with E-state index >= 15 is 0 Å². The standard InChI is InChI=1S/C11H15BrN2O2/c1-2-7(6-15)14-11(16)8-4-3-5-9(13)10(8)12/h3-5,7,15H,2,6,13H2,1H3,(H,14,16)/t7-/m0/s1. The number of nitrogen functional groups attached to an aromatic ring is 1. The lowest BCUT2D eigenvalue weighted by Crippen LogP contribution is -2.37. The normalized spacial score (nSPS) is 12.2. The fourth-order valence-electron chi connectivity index (χ4n) is 1.27. The van der Waals surface area contributed by atoms with E-state index < -0.39 is 0 Å². The van der Waals surface area contributed by atoms with Crippen LogP contribution in [0.1, 0.15) is 23.7 Å². The molecule has 0 saturated heterocycles. The molecule has 4 N–H and O–H groups in total. The van der Waals surface area contributed by atoms with Crippen LogP contribution in [0.5, 0.6) is 0 Å². The molecule has 5 heteroatoms. The first kappa shape index (κ1) is 13.0. The molecule has 0 aliphatic carbocycles. The average Bonchev–Trinajstić information content (AvgIpc) is 2.29. The molecule has 0 aliphatic rings. The Morgan fingerprint density at radius 1 is 1.62 bits per heavy atom. The Morgan fingerprint density at radius 2 is 2.31 bits per heavy atom. The summed E-state index contributed by atoms with van der Waals surface area (Å²) in [4.78, 5) is 11.8. The number of anilines is 1. The number of nitrogens with one attached hydrogen (secondary N) is 1. The molecule has 1 aromatic rings. The summed E-state index contributed by atoms with van der Waals surface area (Å²) in [6, 6.07) is 4.89. The van der Waals surface area contributed by atoms with Gasteiger partial charge in [-0.2, -0.15) is 0 Å². The van der Waals surface area contributed by atoms with E-state index in [0.29, 0.717) is 22.1 Å². The lowest BCUT2D eigenvalue weighted by atomic mass is 10.1. The zero-order valence-corrected chi connectivity index (χ0v) is 10.6. The average molecular weight is 287 g/mol. The predicted molar refractivity (Wildman–Crippen MR) is 67.2 cm³/mol. The number of carbonyl (C=O) groups is 1. The highest BCUT2D eigenvalue weighted by molar-refractivity contribution is 9.10. The Bertz CT molecular complexity index is 378. The van der Waals surface area contributed by atoms with Crippen LogP contribution >= 0.6 is 15.9 Å². The lowest BCUT2D eigenvalue weighted by Gasteiger charge is -2.15. The minimum atomic E-state index is -0.236. The van der Waals surface area contributed by atoms with E-state index in [-0.39, 0.29) is 18.6 Å². The van der Waals surface area contributed by atoms with Crippen molar-refractivity contribution in [3.8, 4) is 0 Å². The Morgan fingerprint density at radius 3 is 2.88 bits per heavy atom. The molecule has 4 nitrogen and oxygen atoms in total. The van der Waals surface area contributed by atoms with Crippen LogP contribution in [0.3, 0.4) is 0 Å². The highest BCUT2D eigenvalue weighted by Crippen LogP contribution is 2.23. The van der Waals surface area contributed by atoms with Crippen LogP contribution in [0.4, 0.5) is 5.69 Å². The van der Waals surface area contributed by atoms with Gasteiger partial charge in [-0.3, -0.25) is 4.79 Å². The van der Waals surface area contributed by atoms with Gasteiger partial charge in [0.25, 0.3) is 5.91 Å². The third-order valence-corrected chi connectivity index (χ3v) is 3.21.